The van der Waals surface area contributed by atoms with Crippen LogP contribution >= 0.6 is 11.6 Å². The third-order valence-electron chi connectivity index (χ3n) is 11.6. The van der Waals surface area contributed by atoms with Gasteiger partial charge in [-0.25, -0.2) is 0 Å². The van der Waals surface area contributed by atoms with Gasteiger partial charge in [0.1, 0.15) is 23.8 Å². The van der Waals surface area contributed by atoms with Crippen LogP contribution in [0.3, 0.4) is 0 Å². The van der Waals surface area contributed by atoms with Gasteiger partial charge in [0.15, 0.2) is 0 Å². The lowest BCUT2D eigenvalue weighted by Gasteiger charge is -2.33. The number of anilines is 2. The Morgan fingerprint density at radius 1 is 1.26 bits per heavy atom. The Labute approximate surface area is 315 Å². The number of alkyl halides is 3. The first-order valence-corrected chi connectivity index (χ1v) is 18.5. The van der Waals surface area contributed by atoms with E-state index in [1.54, 1.807) is 21.0 Å². The Hall–Kier alpha value is -3.86. The predicted molar refractivity (Wildman–Crippen MR) is 191 cm³/mol. The summed E-state index contributed by atoms with van der Waals surface area (Å²) in [5.41, 5.74) is 6.70. The maximum absolute atomic E-state index is 14.3. The molecule has 5 N–H and O–H groups in total. The van der Waals surface area contributed by atoms with Gasteiger partial charge in [0.25, 0.3) is 12.0 Å². The van der Waals surface area contributed by atoms with Crippen molar-refractivity contribution < 1.29 is 41.5 Å². The van der Waals surface area contributed by atoms with Crippen LogP contribution in [0.5, 0.6) is 6.01 Å². The minimum absolute atomic E-state index is 0.0267. The quantitative estimate of drug-likeness (QED) is 0.191. The highest BCUT2D eigenvalue weighted by molar-refractivity contribution is 6.43. The van der Waals surface area contributed by atoms with Crippen molar-refractivity contribution in [2.45, 2.75) is 69.9 Å². The summed E-state index contributed by atoms with van der Waals surface area (Å²) in [6, 6.07) is 2.32. The number of hydrogen-bond donors (Lipinski definition) is 3. The summed E-state index contributed by atoms with van der Waals surface area (Å²) >= 11 is 6.11. The summed E-state index contributed by atoms with van der Waals surface area (Å²) < 4.78 is 82.3. The summed E-state index contributed by atoms with van der Waals surface area (Å²) in [4.78, 5) is 28.0. The highest BCUT2D eigenvalue weighted by Gasteiger charge is 2.62. The van der Waals surface area contributed by atoms with Crippen molar-refractivity contribution >= 4 is 34.7 Å². The van der Waals surface area contributed by atoms with E-state index in [0.29, 0.717) is 55.2 Å². The van der Waals surface area contributed by atoms with Gasteiger partial charge in [0, 0.05) is 63.4 Å². The molecule has 3 saturated heterocycles. The fourth-order valence-corrected chi connectivity index (χ4v) is 9.14. The maximum atomic E-state index is 14.3. The predicted octanol–water partition coefficient (Wildman–Crippen LogP) is 5.10. The third kappa shape index (κ3) is 7.54. The number of ether oxygens (including phenoxy) is 2. The van der Waals surface area contributed by atoms with Crippen LogP contribution in [0.1, 0.15) is 67.5 Å². The Bertz CT molecular complexity index is 1910. The van der Waals surface area contributed by atoms with Crippen LogP contribution in [0.2, 0.25) is 5.02 Å². The molecular weight excluding hydrogens is 735 g/mol. The largest absolute Gasteiger partial charge is 0.461 e. The SMILES string of the molecule is C/C(C(=N)C(=O)N(C)C)=C1\CN(c2nc(OC[C@@]34C[C@H](C=C(F)F)CN3CC3(CC3)C4)nc3c2CO[C@@H](c2cc(N)cc(Cl)c2C(F)(F)F)C3)CCC[NH2+]1. The number of nitrogens with one attached hydrogen (secondary N) is 1. The van der Waals surface area contributed by atoms with Gasteiger partial charge in [-0.2, -0.15) is 31.9 Å². The van der Waals surface area contributed by atoms with Gasteiger partial charge >= 0.3 is 12.2 Å². The summed E-state index contributed by atoms with van der Waals surface area (Å²) in [7, 11) is 3.18. The van der Waals surface area contributed by atoms with E-state index in [4.69, 9.17) is 42.2 Å². The Balaban J connectivity index is 1.26. The second-order valence-corrected chi connectivity index (χ2v) is 16.1. The van der Waals surface area contributed by atoms with Crippen LogP contribution in [0.15, 0.2) is 35.6 Å². The molecule has 1 spiro atoms. The number of fused-ring (bicyclic) bond motifs is 2. The number of amides is 1. The van der Waals surface area contributed by atoms with Crippen molar-refractivity contribution in [3.05, 3.63) is 63.0 Å². The third-order valence-corrected chi connectivity index (χ3v) is 11.9. The molecule has 1 aromatic heterocycles. The lowest BCUT2D eigenvalue weighted by Crippen LogP contribution is -2.83. The van der Waals surface area contributed by atoms with Crippen molar-refractivity contribution in [3.63, 3.8) is 0 Å². The molecule has 4 fully saturated rings. The molecular formula is C37H45ClF5N8O3+. The molecule has 4 aliphatic heterocycles. The van der Waals surface area contributed by atoms with Crippen LogP contribution in [0.4, 0.5) is 33.5 Å². The average Bonchev–Trinajstić information content (AvgIpc) is 3.76. The number of carbonyl (C=O) groups is 1. The molecule has 54 heavy (non-hydrogen) atoms. The number of hydrogen-bond acceptors (Lipinski definition) is 9. The highest BCUT2D eigenvalue weighted by atomic mass is 35.5. The molecule has 2 aromatic rings. The Kier molecular flexibility index (Phi) is 10.2. The molecule has 11 nitrogen and oxygen atoms in total. The number of carbonyl (C=O) groups excluding carboxylic acids is 1. The van der Waals surface area contributed by atoms with Crippen LogP contribution in [0, 0.1) is 16.7 Å². The highest BCUT2D eigenvalue weighted by Crippen LogP contribution is 2.61. The van der Waals surface area contributed by atoms with Crippen LogP contribution in [0.25, 0.3) is 0 Å². The van der Waals surface area contributed by atoms with Gasteiger partial charge in [-0.05, 0) is 67.7 Å². The molecule has 292 valence electrons. The number of nitrogens with zero attached hydrogens (tertiary/aromatic N) is 5. The zero-order valence-electron chi connectivity index (χ0n) is 30.5. The fraction of sp³-hybridized carbons (Fsp3) is 0.568. The van der Waals surface area contributed by atoms with Crippen molar-refractivity contribution in [3.8, 4) is 6.01 Å². The maximum Gasteiger partial charge on any atom is 0.418 e. The van der Waals surface area contributed by atoms with E-state index < -0.39 is 40.4 Å². The second-order valence-electron chi connectivity index (χ2n) is 15.7. The Morgan fingerprint density at radius 2 is 2.02 bits per heavy atom. The lowest BCUT2D eigenvalue weighted by atomic mass is 9.86. The van der Waals surface area contributed by atoms with Crippen molar-refractivity contribution in [1.29, 1.82) is 5.41 Å². The Morgan fingerprint density at radius 3 is 2.70 bits per heavy atom. The molecule has 1 amide bonds. The van der Waals surface area contributed by atoms with Gasteiger partial charge in [-0.3, -0.25) is 15.1 Å². The molecule has 5 aliphatic rings. The van der Waals surface area contributed by atoms with Gasteiger partial charge in [0.05, 0.1) is 47.6 Å². The minimum atomic E-state index is -4.77. The average molecular weight is 780 g/mol. The normalized spacial score (nSPS) is 25.8. The number of halogens is 6. The van der Waals surface area contributed by atoms with Gasteiger partial charge in [-0.15, -0.1) is 0 Å². The van der Waals surface area contributed by atoms with Crippen LogP contribution in [-0.4, -0.2) is 90.4 Å². The van der Waals surface area contributed by atoms with E-state index in [-0.39, 0.29) is 53.9 Å². The summed E-state index contributed by atoms with van der Waals surface area (Å²) in [5, 5.41) is 10.1. The van der Waals surface area contributed by atoms with Gasteiger partial charge < -0.3 is 30.3 Å². The lowest BCUT2D eigenvalue weighted by molar-refractivity contribution is -0.605. The fourth-order valence-electron chi connectivity index (χ4n) is 8.80. The molecule has 0 radical (unpaired) electrons. The first-order valence-electron chi connectivity index (χ1n) is 18.1. The van der Waals surface area contributed by atoms with Gasteiger partial charge in [-0.1, -0.05) is 11.6 Å². The molecule has 5 heterocycles. The molecule has 7 rings (SSSR count). The van der Waals surface area contributed by atoms with E-state index in [0.717, 1.165) is 50.1 Å². The molecule has 0 bridgehead atoms. The summed E-state index contributed by atoms with van der Waals surface area (Å²) in [6.07, 6.45) is -2.39. The van der Waals surface area contributed by atoms with Crippen LogP contribution < -0.4 is 20.7 Å². The molecule has 17 heteroatoms. The smallest absolute Gasteiger partial charge is 0.418 e. The van der Waals surface area contributed by atoms with Crippen molar-refractivity contribution in [2.24, 2.45) is 11.3 Å². The van der Waals surface area contributed by atoms with E-state index in [1.165, 1.54) is 11.0 Å². The first-order chi connectivity index (χ1) is 25.5. The molecule has 3 atom stereocenters. The monoisotopic (exact) mass is 779 g/mol. The van der Waals surface area contributed by atoms with E-state index in [2.05, 4.69) is 4.90 Å². The van der Waals surface area contributed by atoms with Crippen molar-refractivity contribution in [2.75, 3.05) is 64.1 Å². The number of rotatable bonds is 8. The molecule has 0 unspecified atom stereocenters. The van der Waals surface area contributed by atoms with E-state index in [9.17, 15) is 26.7 Å². The van der Waals surface area contributed by atoms with E-state index in [1.807, 2.05) is 10.2 Å². The number of aromatic nitrogens is 2. The zero-order chi connectivity index (χ0) is 38.7. The topological polar surface area (TPSA) is 138 Å². The number of quaternary nitrogens is 1. The number of nitrogens with two attached hydrogens (primary N) is 2. The molecule has 1 aliphatic carbocycles. The molecule has 1 aromatic carbocycles. The summed E-state index contributed by atoms with van der Waals surface area (Å²) in [6.45, 7) is 4.64. The summed E-state index contributed by atoms with van der Waals surface area (Å²) in [5.74, 6) is -0.265. The first kappa shape index (κ1) is 38.4. The number of benzene rings is 1. The minimum Gasteiger partial charge on any atom is -0.461 e. The van der Waals surface area contributed by atoms with Gasteiger partial charge in [0.2, 0.25) is 0 Å². The second kappa shape index (κ2) is 14.3. The standard InChI is InChI=1S/C37H44ClF5N8O3/c1-20(31(45)33(52)49(2)3)27-15-50(8-4-7-46-27)32-24-16-53-28(23-10-22(44)11-25(38)30(23)37(41,42)43)12-26(24)47-34(48-32)54-19-36-13-21(9-29(39)40)14-51(36)18-35(17-36)5-6-35/h9-11,21,28,45-46H,4-8,12-19,44H2,1-3H3/p+1/b27-20-,45-31?/t21-,28+,36-/m0/s1. The zero-order valence-corrected chi connectivity index (χ0v) is 31.2. The number of nitrogen functional groups attached to an aromatic ring is 1. The molecule has 1 saturated carbocycles. The van der Waals surface area contributed by atoms with Crippen molar-refractivity contribution in [1.82, 2.24) is 19.8 Å². The van der Waals surface area contributed by atoms with E-state index >= 15 is 0 Å². The van der Waals surface area contributed by atoms with Crippen LogP contribution in [-0.2, 0) is 28.7 Å².